The lowest BCUT2D eigenvalue weighted by Crippen LogP contribution is -2.37. The van der Waals surface area contributed by atoms with Crippen LogP contribution in [0.15, 0.2) is 24.3 Å². The number of halogens is 3. The first-order valence-electron chi connectivity index (χ1n) is 8.54. The van der Waals surface area contributed by atoms with Crippen LogP contribution in [0.25, 0.3) is 0 Å². The van der Waals surface area contributed by atoms with Crippen molar-refractivity contribution in [2.45, 2.75) is 50.9 Å². The van der Waals surface area contributed by atoms with Crippen LogP contribution in [0.2, 0.25) is 0 Å². The number of likely N-dealkylation sites (tertiary alicyclic amines) is 1. The summed E-state index contributed by atoms with van der Waals surface area (Å²) in [6, 6.07) is 4.84. The number of carbonyl (C=O) groups is 3. The molecule has 1 aliphatic carbocycles. The van der Waals surface area contributed by atoms with Crippen LogP contribution in [-0.2, 0) is 27.1 Å². The predicted molar refractivity (Wildman–Crippen MR) is 85.6 cm³/mol. The van der Waals surface area contributed by atoms with Gasteiger partial charge in [0, 0.05) is 38.4 Å². The number of imide groups is 1. The molecule has 0 spiro atoms. The van der Waals surface area contributed by atoms with E-state index in [9.17, 15) is 27.6 Å². The van der Waals surface area contributed by atoms with Gasteiger partial charge in [-0.25, -0.2) is 0 Å². The van der Waals surface area contributed by atoms with Crippen LogP contribution < -0.4 is 0 Å². The molecule has 1 saturated carbocycles. The first kappa shape index (κ1) is 18.4. The second-order valence-corrected chi connectivity index (χ2v) is 6.64. The van der Waals surface area contributed by atoms with E-state index < -0.39 is 11.7 Å². The van der Waals surface area contributed by atoms with Crippen molar-refractivity contribution in [2.24, 2.45) is 0 Å². The Bertz CT molecular complexity index is 695. The maximum absolute atomic E-state index is 12.6. The van der Waals surface area contributed by atoms with Crippen LogP contribution in [0, 0.1) is 0 Å². The van der Waals surface area contributed by atoms with Gasteiger partial charge in [0.25, 0.3) is 0 Å². The lowest BCUT2D eigenvalue weighted by molar-refractivity contribution is -0.140. The number of alkyl halides is 3. The van der Waals surface area contributed by atoms with E-state index in [0.717, 1.165) is 29.9 Å². The molecular formula is C18H19F3N2O3. The summed E-state index contributed by atoms with van der Waals surface area (Å²) >= 11 is 0. The molecule has 2 aliphatic rings. The van der Waals surface area contributed by atoms with Crippen molar-refractivity contribution >= 4 is 17.7 Å². The number of rotatable bonds is 6. The molecule has 1 aromatic carbocycles. The topological polar surface area (TPSA) is 57.7 Å². The van der Waals surface area contributed by atoms with E-state index in [0.29, 0.717) is 5.56 Å². The number of benzene rings is 1. The minimum Gasteiger partial charge on any atom is -0.335 e. The van der Waals surface area contributed by atoms with Gasteiger partial charge in [-0.2, -0.15) is 13.2 Å². The Hall–Kier alpha value is -2.38. The molecule has 140 valence electrons. The Kier molecular flexibility index (Phi) is 5.02. The highest BCUT2D eigenvalue weighted by Gasteiger charge is 2.35. The minimum absolute atomic E-state index is 0.0363. The van der Waals surface area contributed by atoms with E-state index in [1.165, 1.54) is 12.1 Å². The zero-order chi connectivity index (χ0) is 18.9. The lowest BCUT2D eigenvalue weighted by atomic mass is 10.1. The molecule has 26 heavy (non-hydrogen) atoms. The maximum atomic E-state index is 12.6. The average molecular weight is 368 g/mol. The third-order valence-electron chi connectivity index (χ3n) is 4.65. The standard InChI is InChI=1S/C18H19F3N2O3/c19-18(20,21)13-3-1-12(2-4-13)11-23(14-5-6-14)17(26)9-10-22-15(24)7-8-16(22)25/h1-4,14H,5-11H2. The van der Waals surface area contributed by atoms with Crippen LogP contribution >= 0.6 is 0 Å². The number of hydrogen-bond acceptors (Lipinski definition) is 3. The molecule has 8 heteroatoms. The van der Waals surface area contributed by atoms with Crippen LogP contribution in [0.5, 0.6) is 0 Å². The Balaban J connectivity index is 1.61. The second-order valence-electron chi connectivity index (χ2n) is 6.64. The fourth-order valence-electron chi connectivity index (χ4n) is 3.03. The quantitative estimate of drug-likeness (QED) is 0.726. The van der Waals surface area contributed by atoms with Crippen LogP contribution in [0.3, 0.4) is 0 Å². The highest BCUT2D eigenvalue weighted by molar-refractivity contribution is 6.02. The molecule has 0 radical (unpaired) electrons. The first-order valence-corrected chi connectivity index (χ1v) is 8.54. The molecule has 0 unspecified atom stereocenters. The van der Waals surface area contributed by atoms with Crippen molar-refractivity contribution in [2.75, 3.05) is 6.54 Å². The number of hydrogen-bond donors (Lipinski definition) is 0. The highest BCUT2D eigenvalue weighted by atomic mass is 19.4. The van der Waals surface area contributed by atoms with Crippen molar-refractivity contribution in [3.05, 3.63) is 35.4 Å². The van der Waals surface area contributed by atoms with Gasteiger partial charge in [-0.3, -0.25) is 19.3 Å². The Morgan fingerprint density at radius 1 is 1.08 bits per heavy atom. The lowest BCUT2D eigenvalue weighted by Gasteiger charge is -2.24. The summed E-state index contributed by atoms with van der Waals surface area (Å²) in [4.78, 5) is 38.5. The Morgan fingerprint density at radius 3 is 2.15 bits per heavy atom. The normalized spacial score (nSPS) is 17.7. The second kappa shape index (κ2) is 7.09. The zero-order valence-corrected chi connectivity index (χ0v) is 14.1. The van der Waals surface area contributed by atoms with E-state index in [1.807, 2.05) is 0 Å². The SMILES string of the molecule is O=C1CCC(=O)N1CCC(=O)N(Cc1ccc(C(F)(F)F)cc1)C1CC1. The molecule has 0 N–H and O–H groups in total. The molecule has 3 amide bonds. The van der Waals surface area contributed by atoms with Crippen molar-refractivity contribution in [1.82, 2.24) is 9.80 Å². The third-order valence-corrected chi connectivity index (χ3v) is 4.65. The number of carbonyl (C=O) groups excluding carboxylic acids is 3. The molecule has 1 heterocycles. The predicted octanol–water partition coefficient (Wildman–Crippen LogP) is 2.74. The van der Waals surface area contributed by atoms with E-state index in [2.05, 4.69) is 0 Å². The minimum atomic E-state index is -4.39. The molecular weight excluding hydrogens is 349 g/mol. The average Bonchev–Trinajstić information content (AvgIpc) is 3.37. The largest absolute Gasteiger partial charge is 0.416 e. The van der Waals surface area contributed by atoms with Crippen molar-refractivity contribution in [3.63, 3.8) is 0 Å². The third kappa shape index (κ3) is 4.23. The zero-order valence-electron chi connectivity index (χ0n) is 14.1. The van der Waals surface area contributed by atoms with Gasteiger partial charge in [0.2, 0.25) is 17.7 Å². The molecule has 0 atom stereocenters. The fourth-order valence-corrected chi connectivity index (χ4v) is 3.03. The Morgan fingerprint density at radius 2 is 1.65 bits per heavy atom. The van der Waals surface area contributed by atoms with Gasteiger partial charge >= 0.3 is 6.18 Å². The van der Waals surface area contributed by atoms with Gasteiger partial charge < -0.3 is 4.90 Å². The molecule has 2 fully saturated rings. The van der Waals surface area contributed by atoms with E-state index in [4.69, 9.17) is 0 Å². The molecule has 0 aromatic heterocycles. The molecule has 5 nitrogen and oxygen atoms in total. The van der Waals surface area contributed by atoms with Crippen LogP contribution in [0.1, 0.15) is 43.2 Å². The summed E-state index contributed by atoms with van der Waals surface area (Å²) < 4.78 is 37.9. The molecule has 3 rings (SSSR count). The smallest absolute Gasteiger partial charge is 0.335 e. The molecule has 1 saturated heterocycles. The van der Waals surface area contributed by atoms with E-state index >= 15 is 0 Å². The summed E-state index contributed by atoms with van der Waals surface area (Å²) in [5.41, 5.74) is -0.108. The van der Waals surface area contributed by atoms with Gasteiger partial charge in [-0.05, 0) is 30.5 Å². The van der Waals surface area contributed by atoms with Crippen LogP contribution in [-0.4, -0.2) is 40.1 Å². The van der Waals surface area contributed by atoms with Gasteiger partial charge in [0.05, 0.1) is 5.56 Å². The number of nitrogens with zero attached hydrogens (tertiary/aromatic N) is 2. The van der Waals surface area contributed by atoms with E-state index in [1.54, 1.807) is 4.90 Å². The van der Waals surface area contributed by atoms with Crippen LogP contribution in [0.4, 0.5) is 13.2 Å². The molecule has 1 aromatic rings. The first-order chi connectivity index (χ1) is 12.3. The number of amides is 3. The molecule has 0 bridgehead atoms. The molecule has 1 aliphatic heterocycles. The van der Waals surface area contributed by atoms with Gasteiger partial charge in [0.15, 0.2) is 0 Å². The highest BCUT2D eigenvalue weighted by Crippen LogP contribution is 2.31. The Labute approximate surface area is 148 Å². The fraction of sp³-hybridized carbons (Fsp3) is 0.500. The summed E-state index contributed by atoms with van der Waals surface area (Å²) in [7, 11) is 0. The maximum Gasteiger partial charge on any atom is 0.416 e. The summed E-state index contributed by atoms with van der Waals surface area (Å²) in [5, 5.41) is 0. The van der Waals surface area contributed by atoms with Gasteiger partial charge in [0.1, 0.15) is 0 Å². The van der Waals surface area contributed by atoms with Crippen molar-refractivity contribution < 1.29 is 27.6 Å². The summed E-state index contributed by atoms with van der Waals surface area (Å²) in [5.74, 6) is -0.716. The van der Waals surface area contributed by atoms with Crippen molar-refractivity contribution in [3.8, 4) is 0 Å². The monoisotopic (exact) mass is 368 g/mol. The van der Waals surface area contributed by atoms with Gasteiger partial charge in [-0.15, -0.1) is 0 Å². The van der Waals surface area contributed by atoms with Gasteiger partial charge in [-0.1, -0.05) is 12.1 Å². The summed E-state index contributed by atoms with van der Waals surface area (Å²) in [6.07, 6.45) is -2.27. The summed E-state index contributed by atoms with van der Waals surface area (Å²) in [6.45, 7) is 0.288. The van der Waals surface area contributed by atoms with E-state index in [-0.39, 0.29) is 56.1 Å². The van der Waals surface area contributed by atoms with Crippen molar-refractivity contribution in [1.29, 1.82) is 0 Å².